The van der Waals surface area contributed by atoms with Gasteiger partial charge in [-0.1, -0.05) is 6.07 Å². The average molecular weight is 405 g/mol. The van der Waals surface area contributed by atoms with Crippen LogP contribution in [0, 0.1) is 30.9 Å². The third-order valence-corrected chi connectivity index (χ3v) is 4.85. The fraction of sp³-hybridized carbons (Fsp3) is 0.217. The van der Waals surface area contributed by atoms with E-state index in [2.05, 4.69) is 9.56 Å². The molecular weight excluding hydrogens is 382 g/mol. The fourth-order valence-electron chi connectivity index (χ4n) is 3.30. The predicted molar refractivity (Wildman–Crippen MR) is 116 cm³/mol. The van der Waals surface area contributed by atoms with Gasteiger partial charge in [0.05, 0.1) is 22.8 Å². The molecule has 1 aromatic heterocycles. The van der Waals surface area contributed by atoms with E-state index in [0.29, 0.717) is 23.4 Å². The molecule has 0 unspecified atom stereocenters. The Morgan fingerprint density at radius 2 is 1.83 bits per heavy atom. The molecule has 154 valence electrons. The summed E-state index contributed by atoms with van der Waals surface area (Å²) in [5, 5.41) is 11.1. The summed E-state index contributed by atoms with van der Waals surface area (Å²) in [6.45, 7) is 7.78. The van der Waals surface area contributed by atoms with Crippen molar-refractivity contribution < 1.29 is 14.5 Å². The molecule has 1 heterocycles. The first-order valence-electron chi connectivity index (χ1n) is 9.57. The highest BCUT2D eigenvalue weighted by molar-refractivity contribution is 5.89. The van der Waals surface area contributed by atoms with Crippen molar-refractivity contribution in [2.24, 2.45) is 4.99 Å². The minimum Gasteiger partial charge on any atom is -0.462 e. The number of rotatable bonds is 6. The van der Waals surface area contributed by atoms with E-state index < -0.39 is 4.92 Å². The first kappa shape index (κ1) is 21.0. The van der Waals surface area contributed by atoms with Crippen LogP contribution >= 0.6 is 0 Å². The van der Waals surface area contributed by atoms with Crippen LogP contribution in [0.4, 0.5) is 11.4 Å². The molecule has 7 heteroatoms. The Balaban J connectivity index is 1.89. The van der Waals surface area contributed by atoms with E-state index in [4.69, 9.17) is 4.74 Å². The van der Waals surface area contributed by atoms with Gasteiger partial charge < -0.3 is 9.30 Å². The molecule has 0 atom stereocenters. The number of carbonyl (C=O) groups is 1. The topological polar surface area (TPSA) is 86.7 Å². The summed E-state index contributed by atoms with van der Waals surface area (Å²) in [7, 11) is 0. The third-order valence-electron chi connectivity index (χ3n) is 4.85. The van der Waals surface area contributed by atoms with Crippen molar-refractivity contribution in [1.82, 2.24) is 4.57 Å². The number of esters is 1. The SMILES string of the molecule is CCOC(=O)c1ccc(-n2c(C)cc(C=Nc3ccc(C)c([N+](=O)[O-])c3)c2C)cc1. The van der Waals surface area contributed by atoms with Crippen LogP contribution in [0.3, 0.4) is 0 Å². The van der Waals surface area contributed by atoms with Crippen molar-refractivity contribution in [2.75, 3.05) is 6.61 Å². The Morgan fingerprint density at radius 3 is 2.47 bits per heavy atom. The second-order valence-electron chi connectivity index (χ2n) is 6.92. The number of nitro groups is 1. The minimum atomic E-state index is -0.403. The van der Waals surface area contributed by atoms with Gasteiger partial charge in [0, 0.05) is 40.5 Å². The zero-order chi connectivity index (χ0) is 21.8. The number of ether oxygens (including phenoxy) is 1. The van der Waals surface area contributed by atoms with Crippen LogP contribution in [0.1, 0.15) is 39.8 Å². The Hall–Kier alpha value is -3.74. The van der Waals surface area contributed by atoms with Crippen LogP contribution in [0.25, 0.3) is 5.69 Å². The van der Waals surface area contributed by atoms with Gasteiger partial charge in [-0.3, -0.25) is 15.1 Å². The largest absolute Gasteiger partial charge is 0.462 e. The van der Waals surface area contributed by atoms with Gasteiger partial charge in [0.2, 0.25) is 0 Å². The van der Waals surface area contributed by atoms with Crippen LogP contribution in [0.5, 0.6) is 0 Å². The molecule has 30 heavy (non-hydrogen) atoms. The molecule has 0 saturated heterocycles. The minimum absolute atomic E-state index is 0.0526. The van der Waals surface area contributed by atoms with Crippen LogP contribution in [0.15, 0.2) is 53.5 Å². The summed E-state index contributed by atoms with van der Waals surface area (Å²) < 4.78 is 7.09. The van der Waals surface area contributed by atoms with Crippen molar-refractivity contribution in [2.45, 2.75) is 27.7 Å². The smallest absolute Gasteiger partial charge is 0.338 e. The second kappa shape index (κ2) is 8.73. The lowest BCUT2D eigenvalue weighted by Gasteiger charge is -2.10. The quantitative estimate of drug-likeness (QED) is 0.243. The number of aromatic nitrogens is 1. The molecule has 0 aliphatic rings. The number of benzene rings is 2. The molecule has 3 rings (SSSR count). The molecule has 0 amide bonds. The maximum Gasteiger partial charge on any atom is 0.338 e. The van der Waals surface area contributed by atoms with E-state index in [-0.39, 0.29) is 11.7 Å². The van der Waals surface area contributed by atoms with Gasteiger partial charge in [0.15, 0.2) is 0 Å². The lowest BCUT2D eigenvalue weighted by Crippen LogP contribution is -2.05. The molecule has 0 spiro atoms. The van der Waals surface area contributed by atoms with E-state index in [1.807, 2.05) is 32.0 Å². The summed E-state index contributed by atoms with van der Waals surface area (Å²) >= 11 is 0. The van der Waals surface area contributed by atoms with Crippen molar-refractivity contribution in [1.29, 1.82) is 0 Å². The molecule has 0 aliphatic heterocycles. The summed E-state index contributed by atoms with van der Waals surface area (Å²) in [4.78, 5) is 27.0. The normalized spacial score (nSPS) is 11.1. The Bertz CT molecular complexity index is 1130. The number of aliphatic imine (C=N–C) groups is 1. The van der Waals surface area contributed by atoms with E-state index in [9.17, 15) is 14.9 Å². The number of nitrogens with zero attached hydrogens (tertiary/aromatic N) is 3. The number of aryl methyl sites for hydroxylation is 2. The van der Waals surface area contributed by atoms with E-state index in [1.54, 1.807) is 44.3 Å². The highest BCUT2D eigenvalue weighted by atomic mass is 16.6. The Labute approximate surface area is 174 Å². The fourth-order valence-corrected chi connectivity index (χ4v) is 3.30. The summed E-state index contributed by atoms with van der Waals surface area (Å²) in [6.07, 6.45) is 1.71. The van der Waals surface area contributed by atoms with Gasteiger partial charge in [-0.05, 0) is 64.1 Å². The molecule has 0 fully saturated rings. The zero-order valence-electron chi connectivity index (χ0n) is 17.4. The molecule has 7 nitrogen and oxygen atoms in total. The van der Waals surface area contributed by atoms with Crippen LogP contribution in [0.2, 0.25) is 0 Å². The Morgan fingerprint density at radius 1 is 1.13 bits per heavy atom. The van der Waals surface area contributed by atoms with Crippen molar-refractivity contribution in [3.63, 3.8) is 0 Å². The van der Waals surface area contributed by atoms with Crippen molar-refractivity contribution in [3.8, 4) is 5.69 Å². The van der Waals surface area contributed by atoms with Gasteiger partial charge >= 0.3 is 5.97 Å². The maximum absolute atomic E-state index is 11.8. The lowest BCUT2D eigenvalue weighted by molar-refractivity contribution is -0.385. The van der Waals surface area contributed by atoms with Crippen LogP contribution in [-0.2, 0) is 4.74 Å². The molecule has 0 bridgehead atoms. The van der Waals surface area contributed by atoms with Gasteiger partial charge in [-0.2, -0.15) is 0 Å². The van der Waals surface area contributed by atoms with Gasteiger partial charge in [0.1, 0.15) is 0 Å². The lowest BCUT2D eigenvalue weighted by atomic mass is 10.2. The third kappa shape index (κ3) is 4.30. The van der Waals surface area contributed by atoms with Crippen LogP contribution in [-0.4, -0.2) is 28.3 Å². The highest BCUT2D eigenvalue weighted by Gasteiger charge is 2.13. The molecular formula is C23H23N3O4. The monoisotopic (exact) mass is 405 g/mol. The summed E-state index contributed by atoms with van der Waals surface area (Å²) in [5.41, 5.74) is 5.49. The van der Waals surface area contributed by atoms with E-state index >= 15 is 0 Å². The summed E-state index contributed by atoms with van der Waals surface area (Å²) in [5.74, 6) is -0.343. The predicted octanol–water partition coefficient (Wildman–Crippen LogP) is 5.24. The number of hydrogen-bond donors (Lipinski definition) is 0. The number of carbonyl (C=O) groups excluding carboxylic acids is 1. The van der Waals surface area contributed by atoms with Crippen molar-refractivity contribution >= 4 is 23.6 Å². The number of nitro benzene ring substituents is 1. The first-order chi connectivity index (χ1) is 14.3. The van der Waals surface area contributed by atoms with Gasteiger partial charge in [-0.15, -0.1) is 0 Å². The average Bonchev–Trinajstić information content (AvgIpc) is 3.00. The zero-order valence-corrected chi connectivity index (χ0v) is 17.4. The highest BCUT2D eigenvalue weighted by Crippen LogP contribution is 2.25. The molecule has 2 aromatic carbocycles. The standard InChI is InChI=1S/C23H23N3O4/c1-5-30-23(27)18-7-10-21(11-8-18)25-16(3)12-19(17(25)4)14-24-20-9-6-15(2)22(13-20)26(28)29/h6-14H,5H2,1-4H3. The molecule has 0 saturated carbocycles. The molecule has 3 aromatic rings. The maximum atomic E-state index is 11.8. The van der Waals surface area contributed by atoms with Crippen molar-refractivity contribution in [3.05, 3.63) is 86.7 Å². The number of hydrogen-bond acceptors (Lipinski definition) is 5. The van der Waals surface area contributed by atoms with Gasteiger partial charge in [0.25, 0.3) is 5.69 Å². The molecule has 0 N–H and O–H groups in total. The Kier molecular flexibility index (Phi) is 6.11. The molecule has 0 aliphatic carbocycles. The second-order valence-corrected chi connectivity index (χ2v) is 6.92. The van der Waals surface area contributed by atoms with Gasteiger partial charge in [-0.25, -0.2) is 4.79 Å². The first-order valence-corrected chi connectivity index (χ1v) is 9.57. The van der Waals surface area contributed by atoms with Crippen LogP contribution < -0.4 is 0 Å². The van der Waals surface area contributed by atoms with E-state index in [1.165, 1.54) is 6.07 Å². The summed E-state index contributed by atoms with van der Waals surface area (Å²) in [6, 6.07) is 14.1. The molecule has 0 radical (unpaired) electrons. The van der Waals surface area contributed by atoms with E-state index in [0.717, 1.165) is 22.6 Å².